The Bertz CT molecular complexity index is 1080. The van der Waals surface area contributed by atoms with Gasteiger partial charge in [-0.1, -0.05) is 47.5 Å². The Morgan fingerprint density at radius 2 is 1.97 bits per heavy atom. The number of allylic oxidation sites excluding steroid dienone is 2. The van der Waals surface area contributed by atoms with Crippen LogP contribution in [-0.4, -0.2) is 11.7 Å². The van der Waals surface area contributed by atoms with Crippen LogP contribution < -0.4 is 10.6 Å². The third-order valence-electron chi connectivity index (χ3n) is 4.56. The monoisotopic (exact) mass is 455 g/mol. The van der Waals surface area contributed by atoms with Gasteiger partial charge in [0, 0.05) is 32.8 Å². The van der Waals surface area contributed by atoms with Gasteiger partial charge in [0.15, 0.2) is 0 Å². The van der Waals surface area contributed by atoms with Crippen molar-refractivity contribution >= 4 is 46.6 Å². The molecule has 0 fully saturated rings. The zero-order chi connectivity index (χ0) is 21.7. The molecule has 0 spiro atoms. The van der Waals surface area contributed by atoms with Crippen LogP contribution >= 0.6 is 35.0 Å². The zero-order valence-electron chi connectivity index (χ0n) is 16.2. The first kappa shape index (κ1) is 22.0. The first-order chi connectivity index (χ1) is 14.5. The Morgan fingerprint density at radius 1 is 1.27 bits per heavy atom. The lowest BCUT2D eigenvalue weighted by atomic mass is 9.82. The van der Waals surface area contributed by atoms with Crippen molar-refractivity contribution in [2.75, 3.05) is 11.1 Å². The summed E-state index contributed by atoms with van der Waals surface area (Å²) in [5, 5.41) is 17.9. The Hall–Kier alpha value is -2.65. The number of amides is 1. The number of benzene rings is 2. The predicted molar refractivity (Wildman–Crippen MR) is 125 cm³/mol. The second-order valence-electron chi connectivity index (χ2n) is 6.53. The number of nitriles is 1. The number of halogens is 2. The maximum Gasteiger partial charge on any atom is 0.254 e. The smallest absolute Gasteiger partial charge is 0.254 e. The van der Waals surface area contributed by atoms with E-state index >= 15 is 0 Å². The maximum absolute atomic E-state index is 13.3. The van der Waals surface area contributed by atoms with Gasteiger partial charge in [0.25, 0.3) is 5.91 Å². The average molecular weight is 456 g/mol. The number of hydrogen-bond acceptors (Lipinski definition) is 4. The van der Waals surface area contributed by atoms with E-state index < -0.39 is 5.92 Å². The van der Waals surface area contributed by atoms with Gasteiger partial charge < -0.3 is 10.6 Å². The van der Waals surface area contributed by atoms with Crippen LogP contribution in [0.3, 0.4) is 0 Å². The minimum absolute atomic E-state index is 0.312. The minimum atomic E-state index is -0.593. The van der Waals surface area contributed by atoms with Crippen LogP contribution in [0.4, 0.5) is 5.69 Å². The van der Waals surface area contributed by atoms with E-state index in [1.807, 2.05) is 25.1 Å². The number of dihydropyridines is 1. The van der Waals surface area contributed by atoms with Crippen molar-refractivity contribution in [3.05, 3.63) is 98.7 Å². The second kappa shape index (κ2) is 9.90. The summed E-state index contributed by atoms with van der Waals surface area (Å²) in [6.45, 7) is 5.56. The number of rotatable bonds is 6. The zero-order valence-corrected chi connectivity index (χ0v) is 18.5. The summed E-state index contributed by atoms with van der Waals surface area (Å²) in [6.07, 6.45) is 1.76. The van der Waals surface area contributed by atoms with E-state index in [4.69, 9.17) is 23.2 Å². The largest absolute Gasteiger partial charge is 0.353 e. The standard InChI is InChI=1S/C23H19Cl2N3OS/c1-3-12-30-23-18(13-26)21(17-6-4-5-7-19(17)25)20(14(2)27-23)22(29)28-16-10-8-15(24)9-11-16/h3-11,21,27H,1,12H2,2H3,(H,28,29). The average Bonchev–Trinajstić information content (AvgIpc) is 2.73. The molecule has 4 nitrogen and oxygen atoms in total. The molecule has 1 aliphatic heterocycles. The summed E-state index contributed by atoms with van der Waals surface area (Å²) < 4.78 is 0. The van der Waals surface area contributed by atoms with Crippen LogP contribution in [0.1, 0.15) is 18.4 Å². The van der Waals surface area contributed by atoms with Gasteiger partial charge in [0.2, 0.25) is 0 Å². The van der Waals surface area contributed by atoms with E-state index in [2.05, 4.69) is 23.3 Å². The fraction of sp³-hybridized carbons (Fsp3) is 0.130. The number of carbonyl (C=O) groups is 1. The van der Waals surface area contributed by atoms with E-state index in [0.29, 0.717) is 48.9 Å². The van der Waals surface area contributed by atoms with E-state index in [0.717, 1.165) is 0 Å². The van der Waals surface area contributed by atoms with Crippen molar-refractivity contribution in [3.63, 3.8) is 0 Å². The molecule has 2 N–H and O–H groups in total. The second-order valence-corrected chi connectivity index (χ2v) is 8.41. The molecule has 0 radical (unpaired) electrons. The van der Waals surface area contributed by atoms with E-state index in [1.165, 1.54) is 11.8 Å². The van der Waals surface area contributed by atoms with Crippen LogP contribution in [0.15, 0.2) is 83.1 Å². The van der Waals surface area contributed by atoms with Gasteiger partial charge in [-0.3, -0.25) is 4.79 Å². The summed E-state index contributed by atoms with van der Waals surface area (Å²) in [4.78, 5) is 13.3. The highest BCUT2D eigenvalue weighted by molar-refractivity contribution is 8.03. The van der Waals surface area contributed by atoms with Gasteiger partial charge in [-0.05, 0) is 42.8 Å². The molecule has 0 bridgehead atoms. The van der Waals surface area contributed by atoms with Crippen LogP contribution in [-0.2, 0) is 4.79 Å². The van der Waals surface area contributed by atoms with Crippen molar-refractivity contribution in [2.45, 2.75) is 12.8 Å². The fourth-order valence-electron chi connectivity index (χ4n) is 3.22. The van der Waals surface area contributed by atoms with Crippen molar-refractivity contribution < 1.29 is 4.79 Å². The molecule has 0 aromatic heterocycles. The SMILES string of the molecule is C=CCSC1=C(C#N)C(c2ccccc2Cl)C(C(=O)Nc2ccc(Cl)cc2)=C(C)N1. The molecule has 0 saturated heterocycles. The highest BCUT2D eigenvalue weighted by Crippen LogP contribution is 2.43. The summed E-state index contributed by atoms with van der Waals surface area (Å²) in [7, 11) is 0. The van der Waals surface area contributed by atoms with Gasteiger partial charge >= 0.3 is 0 Å². The normalized spacial score (nSPS) is 16.0. The lowest BCUT2D eigenvalue weighted by Gasteiger charge is -2.30. The van der Waals surface area contributed by atoms with Crippen molar-refractivity contribution in [2.24, 2.45) is 0 Å². The Labute approximate surface area is 190 Å². The molecule has 30 heavy (non-hydrogen) atoms. The molecule has 3 rings (SSSR count). The molecular formula is C23H19Cl2N3OS. The topological polar surface area (TPSA) is 64.9 Å². The number of hydrogen-bond donors (Lipinski definition) is 2. The number of carbonyl (C=O) groups excluding carboxylic acids is 1. The van der Waals surface area contributed by atoms with Crippen molar-refractivity contribution in [1.82, 2.24) is 5.32 Å². The van der Waals surface area contributed by atoms with Gasteiger partial charge in [-0.25, -0.2) is 0 Å². The highest BCUT2D eigenvalue weighted by atomic mass is 35.5. The molecule has 2 aromatic rings. The number of nitrogens with zero attached hydrogens (tertiary/aromatic N) is 1. The van der Waals surface area contributed by atoms with Gasteiger partial charge in [0.1, 0.15) is 0 Å². The van der Waals surface area contributed by atoms with Crippen LogP contribution in [0.25, 0.3) is 0 Å². The molecule has 7 heteroatoms. The molecule has 1 heterocycles. The first-order valence-electron chi connectivity index (χ1n) is 9.13. The van der Waals surface area contributed by atoms with E-state index in [1.54, 1.807) is 36.4 Å². The molecule has 1 amide bonds. The maximum atomic E-state index is 13.3. The molecule has 1 atom stereocenters. The van der Waals surface area contributed by atoms with Gasteiger partial charge in [0.05, 0.1) is 22.6 Å². The molecular weight excluding hydrogens is 437 g/mol. The third-order valence-corrected chi connectivity index (χ3v) is 6.17. The predicted octanol–water partition coefficient (Wildman–Crippen LogP) is 6.25. The third kappa shape index (κ3) is 4.73. The molecule has 2 aromatic carbocycles. The van der Waals surface area contributed by atoms with Crippen molar-refractivity contribution in [1.29, 1.82) is 5.26 Å². The molecule has 1 unspecified atom stereocenters. The van der Waals surface area contributed by atoms with Gasteiger partial charge in [-0.2, -0.15) is 5.26 Å². The summed E-state index contributed by atoms with van der Waals surface area (Å²) in [6, 6.07) is 16.4. The van der Waals surface area contributed by atoms with E-state index in [9.17, 15) is 10.1 Å². The van der Waals surface area contributed by atoms with Crippen LogP contribution in [0.2, 0.25) is 10.0 Å². The Kier molecular flexibility index (Phi) is 7.28. The minimum Gasteiger partial charge on any atom is -0.353 e. The first-order valence-corrected chi connectivity index (χ1v) is 10.9. The number of anilines is 1. The highest BCUT2D eigenvalue weighted by Gasteiger charge is 2.35. The summed E-state index contributed by atoms with van der Waals surface area (Å²) in [5.74, 6) is -0.278. The van der Waals surface area contributed by atoms with Gasteiger partial charge in [-0.15, -0.1) is 18.3 Å². The Balaban J connectivity index is 2.08. The lowest BCUT2D eigenvalue weighted by Crippen LogP contribution is -2.30. The summed E-state index contributed by atoms with van der Waals surface area (Å²) >= 11 is 13.9. The quantitative estimate of drug-likeness (QED) is 0.505. The fourth-order valence-corrected chi connectivity index (χ4v) is 4.42. The van der Waals surface area contributed by atoms with Crippen LogP contribution in [0, 0.1) is 11.3 Å². The molecule has 0 saturated carbocycles. The lowest BCUT2D eigenvalue weighted by molar-refractivity contribution is -0.113. The Morgan fingerprint density at radius 3 is 2.60 bits per heavy atom. The number of nitrogens with one attached hydrogen (secondary N) is 2. The van der Waals surface area contributed by atoms with Crippen LogP contribution in [0.5, 0.6) is 0 Å². The molecule has 0 aliphatic carbocycles. The summed E-state index contributed by atoms with van der Waals surface area (Å²) in [5.41, 5.74) is 2.86. The van der Waals surface area contributed by atoms with Crippen molar-refractivity contribution in [3.8, 4) is 6.07 Å². The van der Waals surface area contributed by atoms with E-state index in [-0.39, 0.29) is 5.91 Å². The number of thioether (sulfide) groups is 1. The molecule has 1 aliphatic rings. The molecule has 152 valence electrons.